The quantitative estimate of drug-likeness (QED) is 0.785. The van der Waals surface area contributed by atoms with Crippen molar-refractivity contribution in [2.75, 3.05) is 36.8 Å². The van der Waals surface area contributed by atoms with Gasteiger partial charge in [0.15, 0.2) is 0 Å². The predicted molar refractivity (Wildman–Crippen MR) is 107 cm³/mol. The fourth-order valence-corrected chi connectivity index (χ4v) is 5.99. The number of para-hydroxylation sites is 1. The minimum Gasteiger partial charge on any atom is -0.367 e. The number of halogens is 1. The first-order chi connectivity index (χ1) is 12.8. The number of rotatable bonds is 3. The lowest BCUT2D eigenvalue weighted by Gasteiger charge is -2.39. The van der Waals surface area contributed by atoms with Crippen LogP contribution in [0.25, 0.3) is 0 Å². The van der Waals surface area contributed by atoms with Crippen LogP contribution in [0.1, 0.15) is 29.9 Å². The summed E-state index contributed by atoms with van der Waals surface area (Å²) in [5, 5.41) is 0. The lowest BCUT2D eigenvalue weighted by Crippen LogP contribution is -2.47. The predicted octanol–water partition coefficient (Wildman–Crippen LogP) is 4.54. The van der Waals surface area contributed by atoms with Gasteiger partial charge in [-0.3, -0.25) is 0 Å². The van der Waals surface area contributed by atoms with E-state index in [0.29, 0.717) is 12.0 Å². The van der Waals surface area contributed by atoms with Crippen molar-refractivity contribution >= 4 is 17.4 Å². The van der Waals surface area contributed by atoms with Crippen LogP contribution in [-0.2, 0) is 6.42 Å². The molecule has 0 amide bonds. The van der Waals surface area contributed by atoms with Crippen LogP contribution in [0.3, 0.4) is 0 Å². The maximum absolute atomic E-state index is 13.1. The van der Waals surface area contributed by atoms with Crippen molar-refractivity contribution in [2.24, 2.45) is 0 Å². The summed E-state index contributed by atoms with van der Waals surface area (Å²) in [7, 11) is 0. The smallest absolute Gasteiger partial charge is 0.123 e. The fraction of sp³-hybridized carbons (Fsp3) is 0.455. The lowest BCUT2D eigenvalue weighted by atomic mass is 9.89. The van der Waals surface area contributed by atoms with E-state index in [-0.39, 0.29) is 5.82 Å². The lowest BCUT2D eigenvalue weighted by molar-refractivity contribution is 0.195. The largest absolute Gasteiger partial charge is 0.367 e. The van der Waals surface area contributed by atoms with Crippen LogP contribution in [0.15, 0.2) is 47.4 Å². The number of nitrogens with zero attached hydrogens (tertiary/aromatic N) is 2. The van der Waals surface area contributed by atoms with Gasteiger partial charge in [-0.25, -0.2) is 4.39 Å². The Labute approximate surface area is 159 Å². The summed E-state index contributed by atoms with van der Waals surface area (Å²) >= 11 is 2.04. The van der Waals surface area contributed by atoms with E-state index in [4.69, 9.17) is 0 Å². The summed E-state index contributed by atoms with van der Waals surface area (Å²) in [4.78, 5) is 6.84. The third kappa shape index (κ3) is 2.93. The molecule has 4 heteroatoms. The Balaban J connectivity index is 1.33. The van der Waals surface area contributed by atoms with Crippen LogP contribution in [0, 0.1) is 5.82 Å². The minimum absolute atomic E-state index is 0.146. The first kappa shape index (κ1) is 16.6. The normalized spacial score (nSPS) is 24.9. The van der Waals surface area contributed by atoms with Crippen LogP contribution in [0.4, 0.5) is 10.1 Å². The Kier molecular flexibility index (Phi) is 4.41. The molecule has 26 heavy (non-hydrogen) atoms. The van der Waals surface area contributed by atoms with Crippen LogP contribution < -0.4 is 4.90 Å². The van der Waals surface area contributed by atoms with Gasteiger partial charge < -0.3 is 9.80 Å². The first-order valence-electron chi connectivity index (χ1n) is 9.79. The van der Waals surface area contributed by atoms with Gasteiger partial charge in [-0.1, -0.05) is 24.3 Å². The first-order valence-corrected chi connectivity index (χ1v) is 10.8. The number of fused-ring (bicyclic) bond motifs is 3. The molecule has 0 aromatic heterocycles. The minimum atomic E-state index is -0.146. The summed E-state index contributed by atoms with van der Waals surface area (Å²) in [6.45, 7) is 4.62. The van der Waals surface area contributed by atoms with Gasteiger partial charge in [-0.05, 0) is 54.3 Å². The Morgan fingerprint density at radius 3 is 2.85 bits per heavy atom. The van der Waals surface area contributed by atoms with Crippen LogP contribution in [0.2, 0.25) is 0 Å². The molecule has 0 spiro atoms. The van der Waals surface area contributed by atoms with E-state index >= 15 is 0 Å². The van der Waals surface area contributed by atoms with E-state index in [2.05, 4.69) is 28.0 Å². The topological polar surface area (TPSA) is 6.48 Å². The van der Waals surface area contributed by atoms with Gasteiger partial charge in [0.2, 0.25) is 0 Å². The van der Waals surface area contributed by atoms with Crippen LogP contribution in [-0.4, -0.2) is 42.9 Å². The number of likely N-dealkylation sites (tertiary alicyclic amines) is 1. The van der Waals surface area contributed by atoms with Gasteiger partial charge in [0.05, 0.1) is 5.69 Å². The zero-order valence-corrected chi connectivity index (χ0v) is 15.9. The monoisotopic (exact) mass is 368 g/mol. The third-order valence-electron chi connectivity index (χ3n) is 6.21. The molecular formula is C22H25FN2S. The molecule has 0 radical (unpaired) electrons. The average Bonchev–Trinajstić information content (AvgIpc) is 2.83. The molecule has 1 saturated heterocycles. The molecule has 0 aliphatic carbocycles. The molecule has 0 unspecified atom stereocenters. The molecule has 2 nitrogen and oxygen atoms in total. The van der Waals surface area contributed by atoms with Crippen molar-refractivity contribution in [2.45, 2.75) is 36.1 Å². The Hall–Kier alpha value is -1.52. The number of piperidine rings is 1. The molecule has 3 heterocycles. The summed E-state index contributed by atoms with van der Waals surface area (Å²) in [6, 6.07) is 14.6. The summed E-state index contributed by atoms with van der Waals surface area (Å²) in [5.74, 6) is 1.74. The molecule has 0 N–H and O–H groups in total. The van der Waals surface area contributed by atoms with Gasteiger partial charge >= 0.3 is 0 Å². The standard InChI is InChI=1S/C22H25FN2S/c23-17-7-5-16(6-8-17)9-12-24-13-10-20-19(15-24)18-3-1-4-21-22(18)25(20)11-2-14-26-21/h1,3-8,19-20H,2,9-15H2/t19-,20-/m1/s1. The van der Waals surface area contributed by atoms with E-state index in [1.54, 1.807) is 23.4 Å². The zero-order valence-electron chi connectivity index (χ0n) is 15.0. The number of hydrogen-bond donors (Lipinski definition) is 0. The van der Waals surface area contributed by atoms with E-state index < -0.39 is 0 Å². The molecule has 2 aromatic carbocycles. The zero-order chi connectivity index (χ0) is 17.5. The van der Waals surface area contributed by atoms with Crippen molar-refractivity contribution in [1.82, 2.24) is 4.90 Å². The highest BCUT2D eigenvalue weighted by Gasteiger charge is 2.43. The van der Waals surface area contributed by atoms with E-state index in [9.17, 15) is 4.39 Å². The van der Waals surface area contributed by atoms with E-state index in [1.807, 2.05) is 23.9 Å². The molecule has 0 saturated carbocycles. The highest BCUT2D eigenvalue weighted by Crippen LogP contribution is 2.50. The number of hydrogen-bond acceptors (Lipinski definition) is 3. The molecule has 2 atom stereocenters. The van der Waals surface area contributed by atoms with Crippen LogP contribution in [0.5, 0.6) is 0 Å². The second-order valence-electron chi connectivity index (χ2n) is 7.73. The van der Waals surface area contributed by atoms with Crippen molar-refractivity contribution < 1.29 is 4.39 Å². The average molecular weight is 369 g/mol. The number of anilines is 1. The van der Waals surface area contributed by atoms with Crippen molar-refractivity contribution in [3.63, 3.8) is 0 Å². The van der Waals surface area contributed by atoms with Gasteiger partial charge in [-0.15, -0.1) is 11.8 Å². The molecule has 5 rings (SSSR count). The highest BCUT2D eigenvalue weighted by molar-refractivity contribution is 7.99. The Morgan fingerprint density at radius 1 is 1.08 bits per heavy atom. The Bertz CT molecular complexity index is 791. The molecule has 3 aliphatic heterocycles. The fourth-order valence-electron chi connectivity index (χ4n) is 4.95. The SMILES string of the molecule is Fc1ccc(CCN2CC[C@@H]3[C@H](C2)c2cccc4c2N3CCCS4)cc1. The molecule has 1 fully saturated rings. The molecule has 136 valence electrons. The van der Waals surface area contributed by atoms with Gasteiger partial charge in [0.25, 0.3) is 0 Å². The summed E-state index contributed by atoms with van der Waals surface area (Å²) < 4.78 is 13.1. The summed E-state index contributed by atoms with van der Waals surface area (Å²) in [5.41, 5.74) is 4.36. The molecule has 0 bridgehead atoms. The second kappa shape index (κ2) is 6.90. The highest BCUT2D eigenvalue weighted by atomic mass is 32.2. The van der Waals surface area contributed by atoms with Crippen LogP contribution >= 0.6 is 11.8 Å². The third-order valence-corrected chi connectivity index (χ3v) is 7.34. The number of benzene rings is 2. The van der Waals surface area contributed by atoms with Crippen molar-refractivity contribution in [3.05, 3.63) is 59.4 Å². The molecule has 3 aliphatic rings. The molecule has 2 aromatic rings. The van der Waals surface area contributed by atoms with Crippen molar-refractivity contribution in [3.8, 4) is 0 Å². The van der Waals surface area contributed by atoms with Gasteiger partial charge in [0.1, 0.15) is 5.82 Å². The summed E-state index contributed by atoms with van der Waals surface area (Å²) in [6.07, 6.45) is 3.55. The number of thioether (sulfide) groups is 1. The van der Waals surface area contributed by atoms with E-state index in [1.165, 1.54) is 42.1 Å². The molecular weight excluding hydrogens is 343 g/mol. The van der Waals surface area contributed by atoms with Gasteiger partial charge in [0, 0.05) is 43.0 Å². The maximum Gasteiger partial charge on any atom is 0.123 e. The second-order valence-corrected chi connectivity index (χ2v) is 8.87. The maximum atomic E-state index is 13.1. The Morgan fingerprint density at radius 2 is 1.96 bits per heavy atom. The van der Waals surface area contributed by atoms with E-state index in [0.717, 1.165) is 19.5 Å². The van der Waals surface area contributed by atoms with Crippen molar-refractivity contribution in [1.29, 1.82) is 0 Å². The van der Waals surface area contributed by atoms with Gasteiger partial charge in [-0.2, -0.15) is 0 Å².